The predicted molar refractivity (Wildman–Crippen MR) is 124 cm³/mol. The molecule has 156 valence electrons. The molecule has 0 N–H and O–H groups in total. The number of nitrogens with zero attached hydrogens (tertiary/aromatic N) is 2. The first kappa shape index (κ1) is 20.2. The van der Waals surface area contributed by atoms with E-state index in [4.69, 9.17) is 27.6 Å². The Hall–Kier alpha value is -2.67. The van der Waals surface area contributed by atoms with Gasteiger partial charge in [0.15, 0.2) is 10.6 Å². The predicted octanol–water partition coefficient (Wildman–Crippen LogP) is 6.23. The minimum absolute atomic E-state index is 0.0305. The van der Waals surface area contributed by atoms with Crippen molar-refractivity contribution in [1.82, 2.24) is 4.98 Å². The van der Waals surface area contributed by atoms with Crippen LogP contribution in [0, 0.1) is 20.8 Å². The van der Waals surface area contributed by atoms with E-state index in [1.54, 1.807) is 30.3 Å². The van der Waals surface area contributed by atoms with Gasteiger partial charge in [-0.15, -0.1) is 11.3 Å². The SMILES string of the molecule is Cc1ccc2oc3c(c(=O)c2c1)C(c1ccc(Cl)c(Cl)c1)N(c1nc(C)c(C)s1)C3=O. The maximum absolute atomic E-state index is 13.6. The fraction of sp³-hybridized carbons (Fsp3) is 0.174. The minimum atomic E-state index is -0.719. The largest absolute Gasteiger partial charge is 0.450 e. The van der Waals surface area contributed by atoms with Crippen molar-refractivity contribution < 1.29 is 9.21 Å². The first-order valence-corrected chi connectivity index (χ1v) is 11.1. The van der Waals surface area contributed by atoms with Gasteiger partial charge >= 0.3 is 0 Å². The Morgan fingerprint density at radius 3 is 2.48 bits per heavy atom. The lowest BCUT2D eigenvalue weighted by Crippen LogP contribution is -2.29. The molecule has 0 saturated heterocycles. The van der Waals surface area contributed by atoms with E-state index in [0.29, 0.717) is 31.7 Å². The molecule has 0 spiro atoms. The van der Waals surface area contributed by atoms with E-state index < -0.39 is 11.9 Å². The van der Waals surface area contributed by atoms with Gasteiger partial charge in [0.25, 0.3) is 5.91 Å². The average Bonchev–Trinajstić information content (AvgIpc) is 3.21. The van der Waals surface area contributed by atoms with Crippen LogP contribution < -0.4 is 10.3 Å². The number of anilines is 1. The summed E-state index contributed by atoms with van der Waals surface area (Å²) in [5.41, 5.74) is 2.84. The van der Waals surface area contributed by atoms with E-state index in [2.05, 4.69) is 4.98 Å². The number of carbonyl (C=O) groups excluding carboxylic acids is 1. The molecule has 5 nitrogen and oxygen atoms in total. The second-order valence-electron chi connectivity index (χ2n) is 7.56. The van der Waals surface area contributed by atoms with Crippen molar-refractivity contribution in [3.63, 3.8) is 0 Å². The number of amides is 1. The molecule has 0 aliphatic carbocycles. The molecule has 1 unspecified atom stereocenters. The summed E-state index contributed by atoms with van der Waals surface area (Å²) in [6.07, 6.45) is 0. The maximum Gasteiger partial charge on any atom is 0.297 e. The minimum Gasteiger partial charge on any atom is -0.450 e. The summed E-state index contributed by atoms with van der Waals surface area (Å²) in [6.45, 7) is 5.73. The quantitative estimate of drug-likeness (QED) is 0.348. The van der Waals surface area contributed by atoms with Crippen molar-refractivity contribution in [1.29, 1.82) is 0 Å². The number of rotatable bonds is 2. The zero-order valence-electron chi connectivity index (χ0n) is 16.8. The van der Waals surface area contributed by atoms with Gasteiger partial charge in [-0.3, -0.25) is 14.5 Å². The number of carbonyl (C=O) groups is 1. The number of aromatic nitrogens is 1. The Labute approximate surface area is 191 Å². The highest BCUT2D eigenvalue weighted by molar-refractivity contribution is 7.15. The smallest absolute Gasteiger partial charge is 0.297 e. The lowest BCUT2D eigenvalue weighted by molar-refractivity contribution is 0.0971. The molecule has 2 aromatic carbocycles. The normalized spacial score (nSPS) is 15.7. The van der Waals surface area contributed by atoms with Crippen LogP contribution in [0.15, 0.2) is 45.6 Å². The summed E-state index contributed by atoms with van der Waals surface area (Å²) in [5.74, 6) is -0.373. The Balaban J connectivity index is 1.84. The van der Waals surface area contributed by atoms with E-state index in [1.807, 2.05) is 26.8 Å². The van der Waals surface area contributed by atoms with Crippen LogP contribution in [0.3, 0.4) is 0 Å². The number of halogens is 2. The van der Waals surface area contributed by atoms with Crippen molar-refractivity contribution in [2.45, 2.75) is 26.8 Å². The molecule has 0 radical (unpaired) electrons. The van der Waals surface area contributed by atoms with Crippen LogP contribution in [0.25, 0.3) is 11.0 Å². The third kappa shape index (κ3) is 3.09. The van der Waals surface area contributed by atoms with Crippen molar-refractivity contribution in [2.75, 3.05) is 4.90 Å². The van der Waals surface area contributed by atoms with Crippen molar-refractivity contribution in [3.8, 4) is 0 Å². The third-order valence-electron chi connectivity index (χ3n) is 5.51. The highest BCUT2D eigenvalue weighted by Gasteiger charge is 2.45. The summed E-state index contributed by atoms with van der Waals surface area (Å²) in [5, 5.41) is 1.67. The second-order valence-corrected chi connectivity index (χ2v) is 9.56. The van der Waals surface area contributed by atoms with Gasteiger partial charge in [0.2, 0.25) is 5.76 Å². The average molecular weight is 471 g/mol. The summed E-state index contributed by atoms with van der Waals surface area (Å²) in [7, 11) is 0. The molecule has 1 amide bonds. The number of fused-ring (bicyclic) bond motifs is 2. The molecule has 1 aliphatic heterocycles. The maximum atomic E-state index is 13.6. The van der Waals surface area contributed by atoms with Gasteiger partial charge < -0.3 is 4.42 Å². The molecule has 5 rings (SSSR count). The standard InChI is InChI=1S/C23H16Cl2N2O3S/c1-10-4-7-17-14(8-10)20(28)18-19(13-5-6-15(24)16(25)9-13)27(22(29)21(18)30-17)23-26-11(2)12(3)31-23/h4-9,19H,1-3H3. The molecule has 8 heteroatoms. The summed E-state index contributed by atoms with van der Waals surface area (Å²) in [4.78, 5) is 34.2. The topological polar surface area (TPSA) is 63.4 Å². The van der Waals surface area contributed by atoms with Gasteiger partial charge in [-0.2, -0.15) is 0 Å². The lowest BCUT2D eigenvalue weighted by atomic mass is 9.98. The van der Waals surface area contributed by atoms with Crippen molar-refractivity contribution >= 4 is 56.5 Å². The van der Waals surface area contributed by atoms with E-state index in [1.165, 1.54) is 16.2 Å². The molecular formula is C23H16Cl2N2O3S. The lowest BCUT2D eigenvalue weighted by Gasteiger charge is -2.22. The third-order valence-corrected chi connectivity index (χ3v) is 7.32. The number of thiazole rings is 1. The van der Waals surface area contributed by atoms with Crippen molar-refractivity contribution in [2.24, 2.45) is 0 Å². The van der Waals surface area contributed by atoms with Gasteiger partial charge in [0.05, 0.1) is 32.7 Å². The Kier molecular flexibility index (Phi) is 4.70. The van der Waals surface area contributed by atoms with Crippen LogP contribution in [-0.4, -0.2) is 10.9 Å². The van der Waals surface area contributed by atoms with E-state index >= 15 is 0 Å². The molecule has 31 heavy (non-hydrogen) atoms. The summed E-state index contributed by atoms with van der Waals surface area (Å²) >= 11 is 13.8. The molecule has 0 saturated carbocycles. The van der Waals surface area contributed by atoms with Gasteiger partial charge in [-0.1, -0.05) is 40.9 Å². The van der Waals surface area contributed by atoms with Gasteiger partial charge in [0, 0.05) is 4.88 Å². The zero-order chi connectivity index (χ0) is 22.0. The molecule has 1 aliphatic rings. The van der Waals surface area contributed by atoms with Gasteiger partial charge in [-0.25, -0.2) is 4.98 Å². The number of hydrogen-bond acceptors (Lipinski definition) is 5. The van der Waals surface area contributed by atoms with Crippen LogP contribution in [0.1, 0.15) is 43.9 Å². The molecule has 0 fully saturated rings. The number of benzene rings is 2. The Bertz CT molecular complexity index is 1440. The Morgan fingerprint density at radius 2 is 1.81 bits per heavy atom. The van der Waals surface area contributed by atoms with Gasteiger partial charge in [-0.05, 0) is 50.6 Å². The molecule has 3 heterocycles. The number of hydrogen-bond donors (Lipinski definition) is 0. The van der Waals surface area contributed by atoms with Crippen LogP contribution in [0.2, 0.25) is 10.0 Å². The van der Waals surface area contributed by atoms with Crippen LogP contribution >= 0.6 is 34.5 Å². The molecule has 1 atom stereocenters. The molecular weight excluding hydrogens is 455 g/mol. The first-order chi connectivity index (χ1) is 14.8. The monoisotopic (exact) mass is 470 g/mol. The molecule has 4 aromatic rings. The zero-order valence-corrected chi connectivity index (χ0v) is 19.2. The van der Waals surface area contributed by atoms with Crippen LogP contribution in [-0.2, 0) is 0 Å². The van der Waals surface area contributed by atoms with E-state index in [0.717, 1.165) is 16.1 Å². The summed E-state index contributed by atoms with van der Waals surface area (Å²) < 4.78 is 5.97. The Morgan fingerprint density at radius 1 is 1.03 bits per heavy atom. The fourth-order valence-corrected chi connectivity index (χ4v) is 5.08. The van der Waals surface area contributed by atoms with E-state index in [9.17, 15) is 9.59 Å². The number of aryl methyl sites for hydroxylation is 3. The highest BCUT2D eigenvalue weighted by atomic mass is 35.5. The molecule has 2 aromatic heterocycles. The first-order valence-electron chi connectivity index (χ1n) is 9.56. The van der Waals surface area contributed by atoms with E-state index in [-0.39, 0.29) is 16.8 Å². The van der Waals surface area contributed by atoms with Crippen LogP contribution in [0.4, 0.5) is 5.13 Å². The van der Waals surface area contributed by atoms with Crippen LogP contribution in [0.5, 0.6) is 0 Å². The fourth-order valence-electron chi connectivity index (χ4n) is 3.84. The van der Waals surface area contributed by atoms with Crippen molar-refractivity contribution in [3.05, 3.63) is 89.7 Å². The second kappa shape index (κ2) is 7.19. The highest BCUT2D eigenvalue weighted by Crippen LogP contribution is 2.43. The van der Waals surface area contributed by atoms with Gasteiger partial charge in [0.1, 0.15) is 5.58 Å². The summed E-state index contributed by atoms with van der Waals surface area (Å²) in [6, 6.07) is 9.72. The molecule has 0 bridgehead atoms.